The van der Waals surface area contributed by atoms with E-state index in [2.05, 4.69) is 5.32 Å². The van der Waals surface area contributed by atoms with Crippen molar-refractivity contribution in [1.29, 1.82) is 0 Å². The fourth-order valence-corrected chi connectivity index (χ4v) is 2.00. The van der Waals surface area contributed by atoms with Crippen molar-refractivity contribution < 1.29 is 14.0 Å². The summed E-state index contributed by atoms with van der Waals surface area (Å²) in [6.07, 6.45) is 0. The third kappa shape index (κ3) is 2.58. The largest absolute Gasteiger partial charge is 0.325 e. The van der Waals surface area contributed by atoms with Crippen molar-refractivity contribution in [3.8, 4) is 0 Å². The highest BCUT2D eigenvalue weighted by Crippen LogP contribution is 2.20. The van der Waals surface area contributed by atoms with Gasteiger partial charge in [0.25, 0.3) is 5.91 Å². The minimum absolute atomic E-state index is 0.0692. The number of halogens is 1. The number of hydrogen-bond acceptors (Lipinski definition) is 3. The van der Waals surface area contributed by atoms with E-state index in [0.29, 0.717) is 5.56 Å². The maximum absolute atomic E-state index is 12.8. The minimum atomic E-state index is -0.903. The van der Waals surface area contributed by atoms with Gasteiger partial charge in [0.05, 0.1) is 0 Å². The fourth-order valence-electron chi connectivity index (χ4n) is 2.00. The van der Waals surface area contributed by atoms with Crippen LogP contribution >= 0.6 is 0 Å². The molecule has 0 bridgehead atoms. The molecule has 0 radical (unpaired) electrons. The van der Waals surface area contributed by atoms with Gasteiger partial charge in [0.15, 0.2) is 0 Å². The van der Waals surface area contributed by atoms with Crippen LogP contribution in [0.4, 0.5) is 9.18 Å². The monoisotopic (exact) mass is 265 g/mol. The third-order valence-corrected chi connectivity index (χ3v) is 3.12. The molecule has 1 unspecified atom stereocenters. The van der Waals surface area contributed by atoms with Gasteiger partial charge >= 0.3 is 6.03 Å². The molecule has 1 saturated heterocycles. The maximum Gasteiger partial charge on any atom is 0.325 e. The summed E-state index contributed by atoms with van der Waals surface area (Å²) >= 11 is 0. The average Bonchev–Trinajstić information content (AvgIpc) is 2.52. The van der Waals surface area contributed by atoms with E-state index in [9.17, 15) is 14.0 Å². The van der Waals surface area contributed by atoms with Crippen LogP contribution in [-0.2, 0) is 4.79 Å². The molecule has 3 N–H and O–H groups in total. The Morgan fingerprint density at radius 1 is 1.32 bits per heavy atom. The van der Waals surface area contributed by atoms with E-state index >= 15 is 0 Å². The Labute approximate surface area is 110 Å². The molecule has 0 spiro atoms. The highest BCUT2D eigenvalue weighted by atomic mass is 19.1. The molecule has 102 valence electrons. The topological polar surface area (TPSA) is 75.4 Å². The van der Waals surface area contributed by atoms with Gasteiger partial charge in [0.1, 0.15) is 11.4 Å². The van der Waals surface area contributed by atoms with Crippen molar-refractivity contribution in [2.75, 3.05) is 6.54 Å². The Hall–Kier alpha value is -1.95. The van der Waals surface area contributed by atoms with Gasteiger partial charge in [0.2, 0.25) is 0 Å². The van der Waals surface area contributed by atoms with Gasteiger partial charge in [-0.2, -0.15) is 0 Å². The number of nitrogens with two attached hydrogens (primary N) is 1. The Kier molecular flexibility index (Phi) is 3.28. The van der Waals surface area contributed by atoms with Crippen LogP contribution in [0.2, 0.25) is 0 Å². The smallest absolute Gasteiger partial charge is 0.324 e. The molecule has 1 atom stereocenters. The first-order valence-corrected chi connectivity index (χ1v) is 5.96. The standard InChI is InChI=1S/C13H16FN3O2/c1-13(2)11(18)17(12(19)16-13)7-10(15)8-3-5-9(14)6-4-8/h3-6,10H,7,15H2,1-2H3,(H,16,19). The van der Waals surface area contributed by atoms with Crippen molar-refractivity contribution >= 4 is 11.9 Å². The van der Waals surface area contributed by atoms with Crippen molar-refractivity contribution in [1.82, 2.24) is 10.2 Å². The van der Waals surface area contributed by atoms with Gasteiger partial charge < -0.3 is 11.1 Å². The molecule has 0 aliphatic carbocycles. The molecule has 19 heavy (non-hydrogen) atoms. The lowest BCUT2D eigenvalue weighted by molar-refractivity contribution is -0.130. The summed E-state index contributed by atoms with van der Waals surface area (Å²) in [5.41, 5.74) is 5.71. The van der Waals surface area contributed by atoms with Crippen molar-refractivity contribution in [3.63, 3.8) is 0 Å². The lowest BCUT2D eigenvalue weighted by Gasteiger charge is -2.20. The Morgan fingerprint density at radius 3 is 2.37 bits per heavy atom. The molecular formula is C13H16FN3O2. The first-order chi connectivity index (χ1) is 8.81. The van der Waals surface area contributed by atoms with Gasteiger partial charge in [-0.25, -0.2) is 9.18 Å². The van der Waals surface area contributed by atoms with Gasteiger partial charge in [-0.1, -0.05) is 12.1 Å². The predicted molar refractivity (Wildman–Crippen MR) is 67.7 cm³/mol. The average molecular weight is 265 g/mol. The highest BCUT2D eigenvalue weighted by Gasteiger charge is 2.44. The first-order valence-electron chi connectivity index (χ1n) is 5.96. The number of carbonyl (C=O) groups excluding carboxylic acids is 2. The Morgan fingerprint density at radius 2 is 1.89 bits per heavy atom. The zero-order chi connectivity index (χ0) is 14.2. The molecule has 1 aliphatic rings. The molecule has 5 nitrogen and oxygen atoms in total. The van der Waals surface area contributed by atoms with Crippen molar-refractivity contribution in [2.24, 2.45) is 5.73 Å². The minimum Gasteiger partial charge on any atom is -0.324 e. The Balaban J connectivity index is 2.11. The number of hydrogen-bond donors (Lipinski definition) is 2. The lowest BCUT2D eigenvalue weighted by atomic mass is 10.0. The van der Waals surface area contributed by atoms with Crippen LogP contribution in [0.1, 0.15) is 25.5 Å². The van der Waals surface area contributed by atoms with E-state index in [1.165, 1.54) is 12.1 Å². The molecule has 1 aliphatic heterocycles. The molecule has 0 aromatic heterocycles. The summed E-state index contributed by atoms with van der Waals surface area (Å²) in [5, 5.41) is 2.58. The molecule has 1 aromatic rings. The predicted octanol–water partition coefficient (Wildman–Crippen LogP) is 1.16. The van der Waals surface area contributed by atoms with Crippen LogP contribution in [0.15, 0.2) is 24.3 Å². The number of nitrogens with zero attached hydrogens (tertiary/aromatic N) is 1. The van der Waals surface area contributed by atoms with Crippen LogP contribution in [0.5, 0.6) is 0 Å². The van der Waals surface area contributed by atoms with Gasteiger partial charge in [-0.15, -0.1) is 0 Å². The zero-order valence-electron chi connectivity index (χ0n) is 10.8. The molecule has 1 aromatic carbocycles. The molecule has 0 saturated carbocycles. The number of rotatable bonds is 3. The van der Waals surface area contributed by atoms with E-state index < -0.39 is 17.6 Å². The van der Waals surface area contributed by atoms with Gasteiger partial charge in [-0.05, 0) is 31.5 Å². The molecule has 2 rings (SSSR count). The molecule has 3 amide bonds. The van der Waals surface area contributed by atoms with Gasteiger partial charge in [-0.3, -0.25) is 9.69 Å². The van der Waals surface area contributed by atoms with E-state index in [0.717, 1.165) is 4.90 Å². The number of imide groups is 1. The second-order valence-electron chi connectivity index (χ2n) is 5.13. The number of urea groups is 1. The molecular weight excluding hydrogens is 249 g/mol. The number of nitrogens with one attached hydrogen (secondary N) is 1. The highest BCUT2D eigenvalue weighted by molar-refractivity contribution is 6.06. The van der Waals surface area contributed by atoms with Crippen molar-refractivity contribution in [2.45, 2.75) is 25.4 Å². The summed E-state index contributed by atoms with van der Waals surface area (Å²) in [4.78, 5) is 24.8. The second-order valence-corrected chi connectivity index (χ2v) is 5.13. The molecule has 6 heteroatoms. The third-order valence-electron chi connectivity index (χ3n) is 3.12. The maximum atomic E-state index is 12.8. The lowest BCUT2D eigenvalue weighted by Crippen LogP contribution is -2.41. The van der Waals surface area contributed by atoms with Crippen LogP contribution in [-0.4, -0.2) is 28.9 Å². The van der Waals surface area contributed by atoms with E-state index in [1.807, 2.05) is 0 Å². The summed E-state index contributed by atoms with van der Waals surface area (Å²) < 4.78 is 12.8. The van der Waals surface area contributed by atoms with Crippen LogP contribution in [0.3, 0.4) is 0 Å². The quantitative estimate of drug-likeness (QED) is 0.805. The first kappa shape index (κ1) is 13.5. The van der Waals surface area contributed by atoms with E-state index in [4.69, 9.17) is 5.73 Å². The summed E-state index contributed by atoms with van der Waals surface area (Å²) in [5.74, 6) is -0.665. The fraction of sp³-hybridized carbons (Fsp3) is 0.385. The van der Waals surface area contributed by atoms with E-state index in [-0.39, 0.29) is 18.3 Å². The van der Waals surface area contributed by atoms with Gasteiger partial charge in [0, 0.05) is 12.6 Å². The summed E-state index contributed by atoms with van der Waals surface area (Å²) in [6, 6.07) is 4.69. The van der Waals surface area contributed by atoms with E-state index in [1.54, 1.807) is 26.0 Å². The summed E-state index contributed by atoms with van der Waals surface area (Å²) in [7, 11) is 0. The number of amides is 3. The number of benzene rings is 1. The number of carbonyl (C=O) groups is 2. The molecule has 1 heterocycles. The molecule has 1 fully saturated rings. The summed E-state index contributed by atoms with van der Waals surface area (Å²) in [6.45, 7) is 3.34. The normalized spacial score (nSPS) is 19.5. The van der Waals surface area contributed by atoms with Crippen LogP contribution < -0.4 is 11.1 Å². The van der Waals surface area contributed by atoms with Crippen LogP contribution in [0, 0.1) is 5.82 Å². The SMILES string of the molecule is CC1(C)NC(=O)N(CC(N)c2ccc(F)cc2)C1=O. The van der Waals surface area contributed by atoms with Crippen molar-refractivity contribution in [3.05, 3.63) is 35.6 Å². The zero-order valence-corrected chi connectivity index (χ0v) is 10.8. The second kappa shape index (κ2) is 4.62. The Bertz CT molecular complexity index is 513. The van der Waals surface area contributed by atoms with Crippen LogP contribution in [0.25, 0.3) is 0 Å².